The Labute approximate surface area is 134 Å². The van der Waals surface area contributed by atoms with Crippen molar-refractivity contribution < 1.29 is 19.5 Å². The van der Waals surface area contributed by atoms with E-state index in [1.54, 1.807) is 19.1 Å². The summed E-state index contributed by atoms with van der Waals surface area (Å²) >= 11 is 4.54. The van der Waals surface area contributed by atoms with Gasteiger partial charge in [0, 0.05) is 6.54 Å². The van der Waals surface area contributed by atoms with Gasteiger partial charge in [-0.15, -0.1) is 11.3 Å². The minimum absolute atomic E-state index is 0.336. The van der Waals surface area contributed by atoms with Gasteiger partial charge in [0.1, 0.15) is 12.1 Å². The molecule has 1 saturated heterocycles. The van der Waals surface area contributed by atoms with Gasteiger partial charge < -0.3 is 15.3 Å². The van der Waals surface area contributed by atoms with Crippen molar-refractivity contribution in [1.29, 1.82) is 0 Å². The molecule has 0 aromatic carbocycles. The van der Waals surface area contributed by atoms with E-state index < -0.39 is 18.1 Å². The summed E-state index contributed by atoms with van der Waals surface area (Å²) in [4.78, 5) is 37.2. The summed E-state index contributed by atoms with van der Waals surface area (Å²) in [5, 5.41) is 11.7. The van der Waals surface area contributed by atoms with Gasteiger partial charge >= 0.3 is 5.97 Å². The second-order valence-corrected chi connectivity index (χ2v) is 7.29. The number of aliphatic carboxylic acids is 1. The van der Waals surface area contributed by atoms with Crippen molar-refractivity contribution in [3.8, 4) is 0 Å². The third-order valence-corrected chi connectivity index (χ3v) is 4.96. The molecule has 1 aromatic heterocycles. The van der Waals surface area contributed by atoms with Gasteiger partial charge in [-0.2, -0.15) is 0 Å². The lowest BCUT2D eigenvalue weighted by Gasteiger charge is -2.25. The van der Waals surface area contributed by atoms with Crippen LogP contribution in [0.15, 0.2) is 15.9 Å². The normalized spacial score (nSPS) is 19.3. The number of hydrogen-bond acceptors (Lipinski definition) is 4. The van der Waals surface area contributed by atoms with E-state index in [0.29, 0.717) is 24.3 Å². The molecule has 0 spiro atoms. The number of halogens is 1. The summed E-state index contributed by atoms with van der Waals surface area (Å²) < 4.78 is 0.831. The van der Waals surface area contributed by atoms with Gasteiger partial charge in [0.2, 0.25) is 5.91 Å². The highest BCUT2D eigenvalue weighted by atomic mass is 79.9. The molecule has 2 heterocycles. The van der Waals surface area contributed by atoms with E-state index in [2.05, 4.69) is 21.2 Å². The molecular formula is C13H15BrN2O4S. The number of carbonyl (C=O) groups is 3. The molecule has 2 amide bonds. The topological polar surface area (TPSA) is 86.7 Å². The van der Waals surface area contributed by atoms with Gasteiger partial charge in [0.05, 0.1) is 8.66 Å². The number of amides is 2. The van der Waals surface area contributed by atoms with Gasteiger partial charge in [0.15, 0.2) is 0 Å². The highest BCUT2D eigenvalue weighted by Crippen LogP contribution is 2.22. The van der Waals surface area contributed by atoms with Crippen LogP contribution < -0.4 is 5.32 Å². The number of likely N-dealkylation sites (tertiary alicyclic amines) is 1. The number of nitrogens with zero attached hydrogens (tertiary/aromatic N) is 1. The van der Waals surface area contributed by atoms with Gasteiger partial charge in [-0.1, -0.05) is 0 Å². The quantitative estimate of drug-likeness (QED) is 0.839. The number of hydrogen-bond donors (Lipinski definition) is 2. The van der Waals surface area contributed by atoms with E-state index in [1.165, 1.54) is 16.2 Å². The molecule has 0 bridgehead atoms. The third kappa shape index (κ3) is 3.62. The summed E-state index contributed by atoms with van der Waals surface area (Å²) in [6, 6.07) is 1.88. The summed E-state index contributed by atoms with van der Waals surface area (Å²) in [6.45, 7) is 1.99. The smallest absolute Gasteiger partial charge is 0.326 e. The summed E-state index contributed by atoms with van der Waals surface area (Å²) in [5.74, 6) is -1.69. The number of rotatable bonds is 4. The molecule has 2 rings (SSSR count). The third-order valence-electron chi connectivity index (χ3n) is 3.34. The van der Waals surface area contributed by atoms with Crippen LogP contribution in [-0.4, -0.2) is 46.4 Å². The molecule has 2 atom stereocenters. The van der Waals surface area contributed by atoms with Crippen molar-refractivity contribution in [3.05, 3.63) is 20.8 Å². The zero-order valence-corrected chi connectivity index (χ0v) is 13.7. The maximum Gasteiger partial charge on any atom is 0.326 e. The zero-order valence-electron chi connectivity index (χ0n) is 11.3. The van der Waals surface area contributed by atoms with Crippen LogP contribution in [0.25, 0.3) is 0 Å². The van der Waals surface area contributed by atoms with E-state index in [4.69, 9.17) is 5.11 Å². The molecule has 1 aliphatic heterocycles. The van der Waals surface area contributed by atoms with Gasteiger partial charge in [-0.05, 0) is 47.8 Å². The highest BCUT2D eigenvalue weighted by Gasteiger charge is 2.36. The zero-order chi connectivity index (χ0) is 15.6. The fourth-order valence-corrected chi connectivity index (χ4v) is 3.59. The lowest BCUT2D eigenvalue weighted by Crippen LogP contribution is -2.50. The Hall–Kier alpha value is -1.41. The summed E-state index contributed by atoms with van der Waals surface area (Å²) in [5.41, 5.74) is 0. The van der Waals surface area contributed by atoms with E-state index in [0.717, 1.165) is 3.79 Å². The summed E-state index contributed by atoms with van der Waals surface area (Å²) in [7, 11) is 0. The molecule has 2 N–H and O–H groups in total. The molecule has 1 aliphatic rings. The molecule has 0 saturated carbocycles. The first kappa shape index (κ1) is 16.0. The Morgan fingerprint density at radius 3 is 2.76 bits per heavy atom. The van der Waals surface area contributed by atoms with E-state index >= 15 is 0 Å². The summed E-state index contributed by atoms with van der Waals surface area (Å²) in [6.07, 6.45) is 1.13. The fraction of sp³-hybridized carbons (Fsp3) is 0.462. The van der Waals surface area contributed by atoms with Crippen molar-refractivity contribution in [2.45, 2.75) is 31.8 Å². The molecule has 0 aliphatic carbocycles. The predicted octanol–water partition coefficient (Wildman–Crippen LogP) is 1.70. The number of nitrogens with one attached hydrogen (secondary N) is 1. The largest absolute Gasteiger partial charge is 0.480 e. The lowest BCUT2D eigenvalue weighted by molar-refractivity contribution is -0.148. The number of carboxylic acid groups (broad SMARTS) is 1. The Balaban J connectivity index is 1.99. The van der Waals surface area contributed by atoms with E-state index in [1.807, 2.05) is 0 Å². The number of thiophene rings is 1. The Bertz CT molecular complexity index is 574. The SMILES string of the molecule is CC(NC(=O)c1ccc(Br)s1)C(=O)N1CCC[C@H]1C(=O)O. The van der Waals surface area contributed by atoms with Crippen LogP contribution in [0, 0.1) is 0 Å². The highest BCUT2D eigenvalue weighted by molar-refractivity contribution is 9.11. The minimum atomic E-state index is -0.999. The van der Waals surface area contributed by atoms with Gasteiger partial charge in [-0.3, -0.25) is 9.59 Å². The fourth-order valence-electron chi connectivity index (χ4n) is 2.30. The first-order valence-electron chi connectivity index (χ1n) is 6.49. The van der Waals surface area contributed by atoms with Crippen LogP contribution >= 0.6 is 27.3 Å². The van der Waals surface area contributed by atoms with Crippen molar-refractivity contribution in [2.75, 3.05) is 6.54 Å². The van der Waals surface area contributed by atoms with E-state index in [9.17, 15) is 14.4 Å². The van der Waals surface area contributed by atoms with Crippen LogP contribution in [0.3, 0.4) is 0 Å². The molecule has 21 heavy (non-hydrogen) atoms. The Morgan fingerprint density at radius 1 is 1.48 bits per heavy atom. The van der Waals surface area contributed by atoms with Gasteiger partial charge in [0.25, 0.3) is 5.91 Å². The van der Waals surface area contributed by atoms with Gasteiger partial charge in [-0.25, -0.2) is 4.79 Å². The molecule has 6 nitrogen and oxygen atoms in total. The Kier molecular flexibility index (Phi) is 5.00. The monoisotopic (exact) mass is 374 g/mol. The van der Waals surface area contributed by atoms with Crippen molar-refractivity contribution in [1.82, 2.24) is 10.2 Å². The molecule has 8 heteroatoms. The molecule has 1 fully saturated rings. The average Bonchev–Trinajstić information content (AvgIpc) is 3.05. The molecule has 114 valence electrons. The molecule has 1 aromatic rings. The standard InChI is InChI=1S/C13H15BrN2O4S/c1-7(15-11(17)9-4-5-10(14)21-9)12(18)16-6-2-3-8(16)13(19)20/h4-5,7-8H,2-3,6H2,1H3,(H,15,17)(H,19,20)/t7?,8-/m0/s1. The lowest BCUT2D eigenvalue weighted by atomic mass is 10.2. The first-order valence-corrected chi connectivity index (χ1v) is 8.10. The second kappa shape index (κ2) is 6.57. The molecule has 1 unspecified atom stereocenters. The van der Waals surface area contributed by atoms with Crippen molar-refractivity contribution in [2.24, 2.45) is 0 Å². The Morgan fingerprint density at radius 2 is 2.19 bits per heavy atom. The maximum atomic E-state index is 12.3. The van der Waals surface area contributed by atoms with Crippen LogP contribution in [0.2, 0.25) is 0 Å². The molecular weight excluding hydrogens is 360 g/mol. The maximum absolute atomic E-state index is 12.3. The van der Waals surface area contributed by atoms with Crippen molar-refractivity contribution in [3.63, 3.8) is 0 Å². The van der Waals surface area contributed by atoms with Crippen LogP contribution in [0.1, 0.15) is 29.4 Å². The first-order chi connectivity index (χ1) is 9.90. The second-order valence-electron chi connectivity index (χ2n) is 4.83. The van der Waals surface area contributed by atoms with Crippen molar-refractivity contribution >= 4 is 45.1 Å². The van der Waals surface area contributed by atoms with Crippen LogP contribution in [0.5, 0.6) is 0 Å². The minimum Gasteiger partial charge on any atom is -0.480 e. The number of carboxylic acids is 1. The number of carbonyl (C=O) groups excluding carboxylic acids is 2. The molecule has 0 radical (unpaired) electrons. The average molecular weight is 375 g/mol. The van der Waals surface area contributed by atoms with E-state index in [-0.39, 0.29) is 11.8 Å². The predicted molar refractivity (Wildman–Crippen MR) is 81.3 cm³/mol. The van der Waals surface area contributed by atoms with Crippen LogP contribution in [-0.2, 0) is 9.59 Å². The van der Waals surface area contributed by atoms with Crippen LogP contribution in [0.4, 0.5) is 0 Å².